The van der Waals surface area contributed by atoms with Crippen molar-refractivity contribution in [1.82, 2.24) is 0 Å². The summed E-state index contributed by atoms with van der Waals surface area (Å²) < 4.78 is 27.2. The highest BCUT2D eigenvalue weighted by molar-refractivity contribution is 9.11. The van der Waals surface area contributed by atoms with Gasteiger partial charge in [0.25, 0.3) is 0 Å². The highest BCUT2D eigenvalue weighted by Crippen LogP contribution is 2.33. The second-order valence-corrected chi connectivity index (χ2v) is 6.46. The molecule has 0 fully saturated rings. The van der Waals surface area contributed by atoms with E-state index in [0.29, 0.717) is 5.56 Å². The lowest BCUT2D eigenvalue weighted by atomic mass is 10.1. The average Bonchev–Trinajstić information content (AvgIpc) is 2.63. The van der Waals surface area contributed by atoms with Crippen LogP contribution in [0.1, 0.15) is 22.1 Å². The third kappa shape index (κ3) is 2.96. The molecule has 1 atom stereocenters. The Morgan fingerprint density at radius 2 is 2.06 bits per heavy atom. The van der Waals surface area contributed by atoms with E-state index in [1.54, 1.807) is 0 Å². The molecule has 5 heteroatoms. The maximum absolute atomic E-state index is 13.5. The van der Waals surface area contributed by atoms with Gasteiger partial charge in [0.15, 0.2) is 0 Å². The third-order valence-electron chi connectivity index (χ3n) is 2.63. The lowest BCUT2D eigenvalue weighted by Crippen LogP contribution is -2.02. The van der Waals surface area contributed by atoms with Crippen LogP contribution in [0.3, 0.4) is 0 Å². The van der Waals surface area contributed by atoms with Crippen molar-refractivity contribution in [3.63, 3.8) is 0 Å². The summed E-state index contributed by atoms with van der Waals surface area (Å²) in [5, 5.41) is 10.0. The fourth-order valence-electron chi connectivity index (χ4n) is 1.64. The number of aliphatic hydroxyl groups is 1. The zero-order valence-corrected chi connectivity index (χ0v) is 12.0. The number of aliphatic hydroxyl groups excluding tert-OH is 1. The molecule has 2 rings (SSSR count). The van der Waals surface area contributed by atoms with E-state index >= 15 is 0 Å². The first-order chi connectivity index (χ1) is 8.47. The van der Waals surface area contributed by atoms with Crippen molar-refractivity contribution in [1.29, 1.82) is 0 Å². The second kappa shape index (κ2) is 5.47. The summed E-state index contributed by atoms with van der Waals surface area (Å²) in [5.74, 6) is -1.23. The molecule has 1 N–H and O–H groups in total. The van der Waals surface area contributed by atoms with Crippen LogP contribution in [0.25, 0.3) is 0 Å². The molecule has 0 bridgehead atoms. The molecule has 1 heterocycles. The second-order valence-electron chi connectivity index (χ2n) is 4.06. The van der Waals surface area contributed by atoms with Gasteiger partial charge in [-0.2, -0.15) is 0 Å². The largest absolute Gasteiger partial charge is 0.387 e. The van der Waals surface area contributed by atoms with E-state index < -0.39 is 17.7 Å². The highest BCUT2D eigenvalue weighted by atomic mass is 79.9. The van der Waals surface area contributed by atoms with Gasteiger partial charge in [0.2, 0.25) is 0 Å². The smallest absolute Gasteiger partial charge is 0.129 e. The highest BCUT2D eigenvalue weighted by Gasteiger charge is 2.15. The van der Waals surface area contributed by atoms with Gasteiger partial charge in [-0.05, 0) is 46.1 Å². The van der Waals surface area contributed by atoms with Crippen LogP contribution in [0, 0.1) is 18.6 Å². The molecule has 1 unspecified atom stereocenters. The molecule has 2 aromatic rings. The minimum atomic E-state index is -0.778. The quantitative estimate of drug-likeness (QED) is 0.884. The zero-order valence-electron chi connectivity index (χ0n) is 9.58. The fraction of sp³-hybridized carbons (Fsp3) is 0.231. The molecule has 1 aromatic carbocycles. The molecule has 0 radical (unpaired) electrons. The number of benzene rings is 1. The summed E-state index contributed by atoms with van der Waals surface area (Å²) >= 11 is 4.80. The normalized spacial score (nSPS) is 12.7. The van der Waals surface area contributed by atoms with Crippen molar-refractivity contribution >= 4 is 27.3 Å². The average molecular weight is 333 g/mol. The van der Waals surface area contributed by atoms with E-state index in [1.165, 1.54) is 23.5 Å². The molecule has 96 valence electrons. The van der Waals surface area contributed by atoms with E-state index in [-0.39, 0.29) is 6.42 Å². The van der Waals surface area contributed by atoms with Crippen LogP contribution in [0.5, 0.6) is 0 Å². The number of hydrogen-bond acceptors (Lipinski definition) is 2. The van der Waals surface area contributed by atoms with E-state index in [9.17, 15) is 13.9 Å². The number of hydrogen-bond donors (Lipinski definition) is 1. The molecule has 1 aromatic heterocycles. The van der Waals surface area contributed by atoms with Crippen LogP contribution < -0.4 is 0 Å². The van der Waals surface area contributed by atoms with E-state index in [2.05, 4.69) is 15.9 Å². The van der Waals surface area contributed by atoms with Gasteiger partial charge in [0, 0.05) is 17.4 Å². The summed E-state index contributed by atoms with van der Waals surface area (Å²) in [4.78, 5) is 0.767. The summed E-state index contributed by atoms with van der Waals surface area (Å²) in [5.41, 5.74) is 1.35. The maximum Gasteiger partial charge on any atom is 0.129 e. The number of aryl methyl sites for hydroxylation is 1. The van der Waals surface area contributed by atoms with Crippen LogP contribution in [0.4, 0.5) is 8.78 Å². The Labute approximate surface area is 116 Å². The SMILES string of the molecule is Cc1cc(C(O)Cc2ccc(F)cc2F)sc1Br. The van der Waals surface area contributed by atoms with Gasteiger partial charge in [-0.1, -0.05) is 6.07 Å². The predicted octanol–water partition coefficient (Wildman–Crippen LogP) is 4.37. The first-order valence-electron chi connectivity index (χ1n) is 5.35. The number of rotatable bonds is 3. The van der Waals surface area contributed by atoms with Crippen LogP contribution in [-0.2, 0) is 6.42 Å². The molecule has 0 aliphatic heterocycles. The zero-order chi connectivity index (χ0) is 13.3. The van der Waals surface area contributed by atoms with Crippen molar-refractivity contribution < 1.29 is 13.9 Å². The first-order valence-corrected chi connectivity index (χ1v) is 6.96. The van der Waals surface area contributed by atoms with Gasteiger partial charge >= 0.3 is 0 Å². The van der Waals surface area contributed by atoms with Crippen molar-refractivity contribution in [3.05, 3.63) is 55.7 Å². The lowest BCUT2D eigenvalue weighted by molar-refractivity contribution is 0.181. The molecule has 18 heavy (non-hydrogen) atoms. The van der Waals surface area contributed by atoms with Gasteiger partial charge < -0.3 is 5.11 Å². The van der Waals surface area contributed by atoms with Crippen molar-refractivity contribution in [2.45, 2.75) is 19.4 Å². The van der Waals surface area contributed by atoms with Gasteiger partial charge in [0.05, 0.1) is 9.89 Å². The Kier molecular flexibility index (Phi) is 4.14. The molecular weight excluding hydrogens is 322 g/mol. The van der Waals surface area contributed by atoms with E-state index in [1.807, 2.05) is 13.0 Å². The fourth-order valence-corrected chi connectivity index (χ4v) is 3.20. The molecule has 0 amide bonds. The predicted molar refractivity (Wildman–Crippen MR) is 71.8 cm³/mol. The van der Waals surface area contributed by atoms with Crippen molar-refractivity contribution in [2.75, 3.05) is 0 Å². The summed E-state index contributed by atoms with van der Waals surface area (Å²) in [6.07, 6.45) is -0.640. The standard InChI is InChI=1S/C13H11BrF2OS/c1-7-4-12(18-13(7)14)11(17)5-8-2-3-9(15)6-10(8)16/h2-4,6,11,17H,5H2,1H3. The van der Waals surface area contributed by atoms with Gasteiger partial charge in [0.1, 0.15) is 11.6 Å². The van der Waals surface area contributed by atoms with E-state index in [4.69, 9.17) is 0 Å². The van der Waals surface area contributed by atoms with E-state index in [0.717, 1.165) is 20.3 Å². The van der Waals surface area contributed by atoms with Crippen LogP contribution >= 0.6 is 27.3 Å². The van der Waals surface area contributed by atoms with Gasteiger partial charge in [-0.15, -0.1) is 11.3 Å². The topological polar surface area (TPSA) is 20.2 Å². The van der Waals surface area contributed by atoms with Crippen molar-refractivity contribution in [3.8, 4) is 0 Å². The Balaban J connectivity index is 2.18. The summed E-state index contributed by atoms with van der Waals surface area (Å²) in [6.45, 7) is 1.93. The molecular formula is C13H11BrF2OS. The third-order valence-corrected chi connectivity index (χ3v) is 4.87. The van der Waals surface area contributed by atoms with Gasteiger partial charge in [-0.25, -0.2) is 8.78 Å². The number of thiophene rings is 1. The molecule has 0 spiro atoms. The van der Waals surface area contributed by atoms with Crippen LogP contribution in [0.2, 0.25) is 0 Å². The maximum atomic E-state index is 13.5. The van der Waals surface area contributed by atoms with Crippen LogP contribution in [0.15, 0.2) is 28.1 Å². The van der Waals surface area contributed by atoms with Crippen LogP contribution in [-0.4, -0.2) is 5.11 Å². The monoisotopic (exact) mass is 332 g/mol. The Morgan fingerprint density at radius 3 is 2.61 bits per heavy atom. The van der Waals surface area contributed by atoms with Crippen molar-refractivity contribution in [2.24, 2.45) is 0 Å². The molecule has 0 saturated heterocycles. The Morgan fingerprint density at radius 1 is 1.33 bits per heavy atom. The molecule has 0 aliphatic carbocycles. The Bertz CT molecular complexity index is 549. The minimum absolute atomic E-state index is 0.137. The first kappa shape index (κ1) is 13.6. The number of halogens is 3. The molecule has 0 saturated carbocycles. The molecule has 1 nitrogen and oxygen atoms in total. The minimum Gasteiger partial charge on any atom is -0.387 e. The lowest BCUT2D eigenvalue weighted by Gasteiger charge is -2.09. The Hall–Kier alpha value is -0.780. The van der Waals surface area contributed by atoms with Gasteiger partial charge in [-0.3, -0.25) is 0 Å². The summed E-state index contributed by atoms with van der Waals surface area (Å²) in [6, 6.07) is 5.25. The summed E-state index contributed by atoms with van der Waals surface area (Å²) in [7, 11) is 0. The molecule has 0 aliphatic rings.